The Morgan fingerprint density at radius 2 is 1.84 bits per heavy atom. The second-order valence-corrected chi connectivity index (χ2v) is 7.88. The number of nitrogens with one attached hydrogen (secondary N) is 1. The van der Waals surface area contributed by atoms with Crippen molar-refractivity contribution in [3.63, 3.8) is 0 Å². The van der Waals surface area contributed by atoms with Gasteiger partial charge in [0.15, 0.2) is 0 Å². The molecule has 0 aliphatic carbocycles. The molecule has 0 radical (unpaired) electrons. The fraction of sp³-hybridized carbons (Fsp3) is 0.120. The molecule has 1 amide bonds. The number of anilines is 1. The van der Waals surface area contributed by atoms with E-state index in [1.165, 1.54) is 18.2 Å². The predicted octanol–water partition coefficient (Wildman–Crippen LogP) is 6.33. The highest BCUT2D eigenvalue weighted by Gasteiger charge is 2.11. The van der Waals surface area contributed by atoms with Gasteiger partial charge in [-0.15, -0.1) is 0 Å². The van der Waals surface area contributed by atoms with Gasteiger partial charge in [-0.1, -0.05) is 24.3 Å². The minimum Gasteiger partial charge on any atom is -0.488 e. The van der Waals surface area contributed by atoms with Crippen molar-refractivity contribution in [1.29, 1.82) is 5.26 Å². The highest BCUT2D eigenvalue weighted by atomic mass is 79.9. The zero-order chi connectivity index (χ0) is 22.4. The molecule has 0 saturated carbocycles. The summed E-state index contributed by atoms with van der Waals surface area (Å²) in [5, 5.41) is 12.2. The Bertz CT molecular complexity index is 1180. The molecular formula is C25H20BrFN2O2. The molecular weight excluding hydrogens is 459 g/mol. The molecule has 156 valence electrons. The predicted molar refractivity (Wildman–Crippen MR) is 123 cm³/mol. The van der Waals surface area contributed by atoms with E-state index in [4.69, 9.17) is 4.74 Å². The van der Waals surface area contributed by atoms with Crippen molar-refractivity contribution >= 4 is 33.6 Å². The topological polar surface area (TPSA) is 62.1 Å². The standard InChI is InChI=1S/C25H20BrFN2O2/c1-16-3-9-22(11-17(16)2)29-25(30)20(14-28)12-19-6-10-24(23(26)13-19)31-15-18-4-7-21(27)8-5-18/h3-13H,15H2,1-2H3,(H,29,30)/b20-12+. The summed E-state index contributed by atoms with van der Waals surface area (Å²) >= 11 is 3.45. The van der Waals surface area contributed by atoms with Crippen molar-refractivity contribution in [2.24, 2.45) is 0 Å². The first-order chi connectivity index (χ1) is 14.9. The van der Waals surface area contributed by atoms with Gasteiger partial charge in [-0.05, 0) is 94.5 Å². The van der Waals surface area contributed by atoms with Gasteiger partial charge in [-0.3, -0.25) is 4.79 Å². The van der Waals surface area contributed by atoms with Crippen molar-refractivity contribution in [3.05, 3.63) is 98.8 Å². The monoisotopic (exact) mass is 478 g/mol. The number of nitriles is 1. The van der Waals surface area contributed by atoms with Gasteiger partial charge in [0.1, 0.15) is 29.8 Å². The smallest absolute Gasteiger partial charge is 0.266 e. The van der Waals surface area contributed by atoms with E-state index in [0.717, 1.165) is 16.7 Å². The maximum Gasteiger partial charge on any atom is 0.266 e. The lowest BCUT2D eigenvalue weighted by Crippen LogP contribution is -2.13. The average molecular weight is 479 g/mol. The number of ether oxygens (including phenoxy) is 1. The van der Waals surface area contributed by atoms with Crippen LogP contribution in [0.3, 0.4) is 0 Å². The van der Waals surface area contributed by atoms with Gasteiger partial charge < -0.3 is 10.1 Å². The number of rotatable bonds is 6. The Hall–Kier alpha value is -3.43. The largest absolute Gasteiger partial charge is 0.488 e. The van der Waals surface area contributed by atoms with E-state index >= 15 is 0 Å². The van der Waals surface area contributed by atoms with Crippen molar-refractivity contribution in [2.75, 3.05) is 5.32 Å². The molecule has 3 rings (SSSR count). The molecule has 0 fully saturated rings. The molecule has 0 spiro atoms. The van der Waals surface area contributed by atoms with Crippen LogP contribution >= 0.6 is 15.9 Å². The van der Waals surface area contributed by atoms with Gasteiger partial charge in [-0.25, -0.2) is 4.39 Å². The van der Waals surface area contributed by atoms with Gasteiger partial charge in [0.25, 0.3) is 5.91 Å². The number of aryl methyl sites for hydroxylation is 2. The quantitative estimate of drug-likeness (QED) is 0.332. The summed E-state index contributed by atoms with van der Waals surface area (Å²) in [6.45, 7) is 4.24. The van der Waals surface area contributed by atoms with Crippen molar-refractivity contribution in [1.82, 2.24) is 0 Å². The normalized spacial score (nSPS) is 11.0. The van der Waals surface area contributed by atoms with E-state index in [9.17, 15) is 14.4 Å². The van der Waals surface area contributed by atoms with Gasteiger partial charge in [0.2, 0.25) is 0 Å². The second-order valence-electron chi connectivity index (χ2n) is 7.03. The van der Waals surface area contributed by atoms with Crippen LogP contribution in [0, 0.1) is 31.0 Å². The van der Waals surface area contributed by atoms with Crippen LogP contribution in [-0.4, -0.2) is 5.91 Å². The lowest BCUT2D eigenvalue weighted by atomic mass is 10.1. The average Bonchev–Trinajstić information content (AvgIpc) is 2.75. The molecule has 3 aromatic carbocycles. The van der Waals surface area contributed by atoms with Crippen LogP contribution in [0.15, 0.2) is 70.7 Å². The lowest BCUT2D eigenvalue weighted by Gasteiger charge is -2.10. The third-order valence-electron chi connectivity index (χ3n) is 4.70. The molecule has 6 heteroatoms. The van der Waals surface area contributed by atoms with Crippen LogP contribution in [0.1, 0.15) is 22.3 Å². The fourth-order valence-corrected chi connectivity index (χ4v) is 3.31. The molecule has 0 aromatic heterocycles. The minimum atomic E-state index is -0.474. The van der Waals surface area contributed by atoms with Crippen LogP contribution in [0.25, 0.3) is 6.08 Å². The first-order valence-electron chi connectivity index (χ1n) is 9.53. The first kappa shape index (κ1) is 22.3. The molecule has 31 heavy (non-hydrogen) atoms. The van der Waals surface area contributed by atoms with E-state index in [2.05, 4.69) is 21.2 Å². The maximum atomic E-state index is 13.0. The number of carbonyl (C=O) groups is 1. The van der Waals surface area contributed by atoms with Gasteiger partial charge in [0, 0.05) is 5.69 Å². The number of amides is 1. The molecule has 1 N–H and O–H groups in total. The van der Waals surface area contributed by atoms with Crippen molar-refractivity contribution < 1.29 is 13.9 Å². The molecule has 0 saturated heterocycles. The van der Waals surface area contributed by atoms with Crippen LogP contribution in [0.5, 0.6) is 5.75 Å². The molecule has 0 atom stereocenters. The van der Waals surface area contributed by atoms with E-state index in [-0.39, 0.29) is 18.0 Å². The van der Waals surface area contributed by atoms with E-state index in [1.807, 2.05) is 32.0 Å². The Kier molecular flexibility index (Phi) is 7.22. The minimum absolute atomic E-state index is 0.00916. The van der Waals surface area contributed by atoms with Gasteiger partial charge in [0.05, 0.1) is 4.47 Å². The van der Waals surface area contributed by atoms with E-state index < -0.39 is 5.91 Å². The summed E-state index contributed by atoms with van der Waals surface area (Å²) in [7, 11) is 0. The summed E-state index contributed by atoms with van der Waals surface area (Å²) in [5.74, 6) is -0.172. The molecule has 0 unspecified atom stereocenters. The van der Waals surface area contributed by atoms with Gasteiger partial charge >= 0.3 is 0 Å². The molecule has 0 heterocycles. The number of hydrogen-bond donors (Lipinski definition) is 1. The Morgan fingerprint density at radius 3 is 2.48 bits per heavy atom. The van der Waals surface area contributed by atoms with Crippen LogP contribution in [0.4, 0.5) is 10.1 Å². The second kappa shape index (κ2) is 10.1. The van der Waals surface area contributed by atoms with Gasteiger partial charge in [-0.2, -0.15) is 5.26 Å². The molecule has 0 aliphatic rings. The molecule has 0 aliphatic heterocycles. The number of halogens is 2. The summed E-state index contributed by atoms with van der Waals surface area (Å²) in [6, 6.07) is 18.9. The van der Waals surface area contributed by atoms with Crippen LogP contribution in [0.2, 0.25) is 0 Å². The van der Waals surface area contributed by atoms with E-state index in [0.29, 0.717) is 21.5 Å². The summed E-state index contributed by atoms with van der Waals surface area (Å²) < 4.78 is 19.4. The maximum absolute atomic E-state index is 13.0. The number of nitrogens with zero attached hydrogens (tertiary/aromatic N) is 1. The van der Waals surface area contributed by atoms with Crippen molar-refractivity contribution in [2.45, 2.75) is 20.5 Å². The third-order valence-corrected chi connectivity index (χ3v) is 5.32. The summed E-state index contributed by atoms with van der Waals surface area (Å²) in [5.41, 5.74) is 4.33. The van der Waals surface area contributed by atoms with Crippen LogP contribution in [-0.2, 0) is 11.4 Å². The number of hydrogen-bond acceptors (Lipinski definition) is 3. The molecule has 3 aromatic rings. The Morgan fingerprint density at radius 1 is 1.10 bits per heavy atom. The first-order valence-corrected chi connectivity index (χ1v) is 10.3. The van der Waals surface area contributed by atoms with E-state index in [1.54, 1.807) is 36.4 Å². The van der Waals surface area contributed by atoms with Crippen LogP contribution < -0.4 is 10.1 Å². The highest BCUT2D eigenvalue weighted by molar-refractivity contribution is 9.10. The Balaban J connectivity index is 1.70. The zero-order valence-corrected chi connectivity index (χ0v) is 18.7. The number of carbonyl (C=O) groups excluding carboxylic acids is 1. The zero-order valence-electron chi connectivity index (χ0n) is 17.1. The SMILES string of the molecule is Cc1ccc(NC(=O)/C(C#N)=C/c2ccc(OCc3ccc(F)cc3)c(Br)c2)cc1C. The Labute approximate surface area is 189 Å². The fourth-order valence-electron chi connectivity index (χ4n) is 2.80. The third kappa shape index (κ3) is 6.03. The highest BCUT2D eigenvalue weighted by Crippen LogP contribution is 2.28. The summed E-state index contributed by atoms with van der Waals surface area (Å²) in [4.78, 5) is 12.5. The summed E-state index contributed by atoms with van der Waals surface area (Å²) in [6.07, 6.45) is 1.52. The molecule has 0 bridgehead atoms. The van der Waals surface area contributed by atoms with Crippen molar-refractivity contribution in [3.8, 4) is 11.8 Å². The molecule has 4 nitrogen and oxygen atoms in total. The lowest BCUT2D eigenvalue weighted by molar-refractivity contribution is -0.112. The number of benzene rings is 3.